The molecule has 1 aromatic carbocycles. The fourth-order valence-corrected chi connectivity index (χ4v) is 4.10. The second-order valence-electron chi connectivity index (χ2n) is 6.93. The highest BCUT2D eigenvalue weighted by atomic mass is 32.1. The Bertz CT molecular complexity index is 794. The van der Waals surface area contributed by atoms with Crippen molar-refractivity contribution in [3.63, 3.8) is 0 Å². The largest absolute Gasteiger partial charge is 0.355 e. The molecule has 2 aromatic rings. The first-order valence-corrected chi connectivity index (χ1v) is 10.0. The number of hydrogen-bond donors (Lipinski definition) is 2. The number of anilines is 1. The van der Waals surface area contributed by atoms with Gasteiger partial charge in [0.2, 0.25) is 11.8 Å². The molecule has 1 fully saturated rings. The topological polar surface area (TPSA) is 71.1 Å². The average molecular weight is 372 g/mol. The van der Waals surface area contributed by atoms with E-state index in [1.807, 2.05) is 5.38 Å². The maximum Gasteiger partial charge on any atom is 0.227 e. The summed E-state index contributed by atoms with van der Waals surface area (Å²) in [5.74, 6) is 0.0947. The van der Waals surface area contributed by atoms with Gasteiger partial charge in [-0.15, -0.1) is 11.3 Å². The lowest BCUT2D eigenvalue weighted by molar-refractivity contribution is -0.124. The van der Waals surface area contributed by atoms with Crippen LogP contribution < -0.4 is 10.6 Å². The molecular formula is C20H25N3O2S. The lowest BCUT2D eigenvalue weighted by Gasteiger charge is -2.09. The van der Waals surface area contributed by atoms with Gasteiger partial charge in [0.15, 0.2) is 5.13 Å². The van der Waals surface area contributed by atoms with Crippen LogP contribution in [-0.2, 0) is 9.59 Å². The standard InChI is InChI=1S/C20H25N3O2S/c1-13-7-8-16(14(2)11-13)17-12-26-20(22-17)23-18(24)9-10-21-19(25)15-5-3-4-6-15/h7-8,11-12,15H,3-6,9-10H2,1-2H3,(H,21,25)(H,22,23,24). The van der Waals surface area contributed by atoms with E-state index in [-0.39, 0.29) is 24.2 Å². The normalized spacial score (nSPS) is 14.4. The molecule has 26 heavy (non-hydrogen) atoms. The van der Waals surface area contributed by atoms with Crippen LogP contribution in [0.1, 0.15) is 43.2 Å². The number of hydrogen-bond acceptors (Lipinski definition) is 4. The molecule has 1 aliphatic carbocycles. The molecule has 6 heteroatoms. The fourth-order valence-electron chi connectivity index (χ4n) is 3.37. The summed E-state index contributed by atoms with van der Waals surface area (Å²) in [7, 11) is 0. The third kappa shape index (κ3) is 4.69. The molecule has 0 bridgehead atoms. The Labute approximate surface area is 158 Å². The molecule has 5 nitrogen and oxygen atoms in total. The van der Waals surface area contributed by atoms with Crippen LogP contribution in [0.2, 0.25) is 0 Å². The summed E-state index contributed by atoms with van der Waals surface area (Å²) in [6, 6.07) is 6.25. The number of thiazole rings is 1. The van der Waals surface area contributed by atoms with Crippen molar-refractivity contribution in [1.29, 1.82) is 0 Å². The van der Waals surface area contributed by atoms with E-state index >= 15 is 0 Å². The van der Waals surface area contributed by atoms with Crippen molar-refractivity contribution >= 4 is 28.3 Å². The van der Waals surface area contributed by atoms with Gasteiger partial charge in [0.05, 0.1) is 5.69 Å². The molecular weight excluding hydrogens is 346 g/mol. The zero-order chi connectivity index (χ0) is 18.5. The van der Waals surface area contributed by atoms with Crippen LogP contribution >= 0.6 is 11.3 Å². The average Bonchev–Trinajstić information content (AvgIpc) is 3.26. The third-order valence-corrected chi connectivity index (χ3v) is 5.54. The van der Waals surface area contributed by atoms with E-state index in [2.05, 4.69) is 47.7 Å². The highest BCUT2D eigenvalue weighted by Crippen LogP contribution is 2.28. The van der Waals surface area contributed by atoms with E-state index in [1.165, 1.54) is 22.5 Å². The molecule has 1 aliphatic rings. The molecule has 138 valence electrons. The molecule has 2 amide bonds. The number of carbonyl (C=O) groups is 2. The van der Waals surface area contributed by atoms with Crippen LogP contribution in [0.15, 0.2) is 23.6 Å². The predicted octanol–water partition coefficient (Wildman–Crippen LogP) is 4.06. The van der Waals surface area contributed by atoms with Gasteiger partial charge in [0, 0.05) is 29.8 Å². The van der Waals surface area contributed by atoms with Gasteiger partial charge in [0.1, 0.15) is 0 Å². The third-order valence-electron chi connectivity index (χ3n) is 4.79. The molecule has 0 saturated heterocycles. The van der Waals surface area contributed by atoms with Gasteiger partial charge in [0.25, 0.3) is 0 Å². The Morgan fingerprint density at radius 3 is 2.73 bits per heavy atom. The van der Waals surface area contributed by atoms with Crippen LogP contribution in [-0.4, -0.2) is 23.3 Å². The number of nitrogens with one attached hydrogen (secondary N) is 2. The Balaban J connectivity index is 1.49. The first kappa shape index (κ1) is 18.6. The minimum atomic E-state index is -0.127. The summed E-state index contributed by atoms with van der Waals surface area (Å²) in [5, 5.41) is 8.24. The van der Waals surface area contributed by atoms with Crippen LogP contribution in [0.5, 0.6) is 0 Å². The molecule has 0 radical (unpaired) electrons. The van der Waals surface area contributed by atoms with E-state index in [4.69, 9.17) is 0 Å². The predicted molar refractivity (Wildman–Crippen MR) is 105 cm³/mol. The molecule has 1 heterocycles. The molecule has 1 aromatic heterocycles. The number of nitrogens with zero attached hydrogens (tertiary/aromatic N) is 1. The van der Waals surface area contributed by atoms with Crippen molar-refractivity contribution in [2.45, 2.75) is 46.0 Å². The number of aryl methyl sites for hydroxylation is 2. The van der Waals surface area contributed by atoms with Gasteiger partial charge in [-0.1, -0.05) is 36.6 Å². The lowest BCUT2D eigenvalue weighted by Crippen LogP contribution is -2.31. The number of aromatic nitrogens is 1. The quantitative estimate of drug-likeness (QED) is 0.804. The van der Waals surface area contributed by atoms with E-state index in [1.54, 1.807) is 0 Å². The highest BCUT2D eigenvalue weighted by molar-refractivity contribution is 7.14. The van der Waals surface area contributed by atoms with Crippen molar-refractivity contribution in [1.82, 2.24) is 10.3 Å². The summed E-state index contributed by atoms with van der Waals surface area (Å²) < 4.78 is 0. The number of amides is 2. The molecule has 0 spiro atoms. The lowest BCUT2D eigenvalue weighted by atomic mass is 10.0. The summed E-state index contributed by atoms with van der Waals surface area (Å²) in [6.45, 7) is 4.50. The summed E-state index contributed by atoms with van der Waals surface area (Å²) >= 11 is 1.42. The Morgan fingerprint density at radius 2 is 2.00 bits per heavy atom. The molecule has 0 unspecified atom stereocenters. The minimum absolute atomic E-state index is 0.0849. The maximum absolute atomic E-state index is 12.1. The van der Waals surface area contributed by atoms with Crippen molar-refractivity contribution in [2.24, 2.45) is 5.92 Å². The SMILES string of the molecule is Cc1ccc(-c2csc(NC(=O)CCNC(=O)C3CCCC3)n2)c(C)c1. The first-order chi connectivity index (χ1) is 12.5. The van der Waals surface area contributed by atoms with Crippen LogP contribution in [0.4, 0.5) is 5.13 Å². The smallest absolute Gasteiger partial charge is 0.227 e. The number of benzene rings is 1. The zero-order valence-corrected chi connectivity index (χ0v) is 16.1. The molecule has 0 atom stereocenters. The van der Waals surface area contributed by atoms with E-state index < -0.39 is 0 Å². The highest BCUT2D eigenvalue weighted by Gasteiger charge is 2.22. The van der Waals surface area contributed by atoms with Gasteiger partial charge in [-0.05, 0) is 32.3 Å². The van der Waals surface area contributed by atoms with Crippen molar-refractivity contribution in [2.75, 3.05) is 11.9 Å². The van der Waals surface area contributed by atoms with Gasteiger partial charge in [-0.3, -0.25) is 9.59 Å². The minimum Gasteiger partial charge on any atom is -0.355 e. The Kier molecular flexibility index (Phi) is 6.04. The zero-order valence-electron chi connectivity index (χ0n) is 15.3. The van der Waals surface area contributed by atoms with Gasteiger partial charge < -0.3 is 10.6 Å². The summed E-state index contributed by atoms with van der Waals surface area (Å²) in [6.07, 6.45) is 4.46. The van der Waals surface area contributed by atoms with E-state index in [0.29, 0.717) is 11.7 Å². The van der Waals surface area contributed by atoms with Crippen LogP contribution in [0.3, 0.4) is 0 Å². The van der Waals surface area contributed by atoms with Crippen molar-refractivity contribution in [3.05, 3.63) is 34.7 Å². The first-order valence-electron chi connectivity index (χ1n) is 9.13. The fraction of sp³-hybridized carbons (Fsp3) is 0.450. The monoisotopic (exact) mass is 371 g/mol. The van der Waals surface area contributed by atoms with E-state index in [9.17, 15) is 9.59 Å². The molecule has 2 N–H and O–H groups in total. The van der Waals surface area contributed by atoms with Crippen LogP contribution in [0, 0.1) is 19.8 Å². The second-order valence-corrected chi connectivity index (χ2v) is 7.78. The van der Waals surface area contributed by atoms with Crippen LogP contribution in [0.25, 0.3) is 11.3 Å². The summed E-state index contributed by atoms with van der Waals surface area (Å²) in [4.78, 5) is 28.5. The molecule has 3 rings (SSSR count). The van der Waals surface area contributed by atoms with Crippen molar-refractivity contribution < 1.29 is 9.59 Å². The Morgan fingerprint density at radius 1 is 1.23 bits per heavy atom. The Hall–Kier alpha value is -2.21. The van der Waals surface area contributed by atoms with Crippen molar-refractivity contribution in [3.8, 4) is 11.3 Å². The van der Waals surface area contributed by atoms with Gasteiger partial charge >= 0.3 is 0 Å². The summed E-state index contributed by atoms with van der Waals surface area (Å²) in [5.41, 5.74) is 4.34. The molecule has 1 saturated carbocycles. The maximum atomic E-state index is 12.1. The van der Waals surface area contributed by atoms with E-state index in [0.717, 1.165) is 36.9 Å². The number of rotatable bonds is 6. The number of carbonyl (C=O) groups excluding carboxylic acids is 2. The van der Waals surface area contributed by atoms with Gasteiger partial charge in [-0.25, -0.2) is 4.98 Å². The second kappa shape index (κ2) is 8.45. The van der Waals surface area contributed by atoms with Gasteiger partial charge in [-0.2, -0.15) is 0 Å². The molecule has 0 aliphatic heterocycles.